The Bertz CT molecular complexity index is 202. The molecular formula is C10H14O2. The topological polar surface area (TPSA) is 18.5 Å². The Morgan fingerprint density at radius 1 is 0.917 bits per heavy atom. The average molecular weight is 166 g/mol. The smallest absolute Gasteiger partial charge is 0.117 e. The zero-order chi connectivity index (χ0) is 7.97. The average Bonchev–Trinajstić information content (AvgIpc) is 2.78. The Labute approximate surface area is 72.5 Å². The molecule has 3 aliphatic rings. The fourth-order valence-electron chi connectivity index (χ4n) is 2.70. The molecule has 0 amide bonds. The van der Waals surface area contributed by atoms with E-state index in [1.165, 1.54) is 44.1 Å². The first kappa shape index (κ1) is 7.10. The van der Waals surface area contributed by atoms with Crippen molar-refractivity contribution in [3.05, 3.63) is 11.1 Å². The van der Waals surface area contributed by atoms with Gasteiger partial charge in [-0.25, -0.2) is 9.78 Å². The third-order valence-corrected chi connectivity index (χ3v) is 3.29. The highest BCUT2D eigenvalue weighted by molar-refractivity contribution is 5.29. The molecule has 0 aromatic carbocycles. The molecule has 2 nitrogen and oxygen atoms in total. The maximum Gasteiger partial charge on any atom is 0.117 e. The van der Waals surface area contributed by atoms with E-state index in [-0.39, 0.29) is 0 Å². The minimum absolute atomic E-state index is 0.336. The summed E-state index contributed by atoms with van der Waals surface area (Å²) in [7, 11) is 0. The quantitative estimate of drug-likeness (QED) is 0.406. The molecule has 2 heteroatoms. The Kier molecular flexibility index (Phi) is 1.52. The summed E-state index contributed by atoms with van der Waals surface area (Å²) in [6, 6.07) is 0. The molecule has 2 atom stereocenters. The molecule has 2 aliphatic carbocycles. The molecule has 3 fully saturated rings. The van der Waals surface area contributed by atoms with Crippen molar-refractivity contribution in [2.24, 2.45) is 0 Å². The van der Waals surface area contributed by atoms with E-state index in [1.54, 1.807) is 5.57 Å². The summed E-state index contributed by atoms with van der Waals surface area (Å²) < 4.78 is 0. The van der Waals surface area contributed by atoms with Crippen molar-refractivity contribution in [2.75, 3.05) is 0 Å². The summed E-state index contributed by atoms with van der Waals surface area (Å²) in [5.74, 6) is 0. The van der Waals surface area contributed by atoms with Crippen LogP contribution in [0.1, 0.15) is 38.5 Å². The monoisotopic (exact) mass is 166 g/mol. The highest BCUT2D eigenvalue weighted by atomic mass is 17.2. The fourth-order valence-corrected chi connectivity index (χ4v) is 2.70. The van der Waals surface area contributed by atoms with Crippen LogP contribution in [-0.2, 0) is 9.78 Å². The van der Waals surface area contributed by atoms with Crippen LogP contribution in [-0.4, -0.2) is 12.2 Å². The predicted octanol–water partition coefficient (Wildman–Crippen LogP) is 2.35. The van der Waals surface area contributed by atoms with Crippen molar-refractivity contribution in [1.29, 1.82) is 0 Å². The minimum atomic E-state index is 0.336. The standard InChI is InChI=1S/C10H14O2/c1-2-4-7(3-1)10-8-5-6-9(10)12-11-8/h8-9H,1-6H2. The second-order valence-corrected chi connectivity index (χ2v) is 4.01. The number of rotatable bonds is 0. The largest absolute Gasteiger partial charge is 0.228 e. The summed E-state index contributed by atoms with van der Waals surface area (Å²) in [6.45, 7) is 0. The van der Waals surface area contributed by atoms with E-state index in [2.05, 4.69) is 0 Å². The molecule has 1 saturated heterocycles. The van der Waals surface area contributed by atoms with Gasteiger partial charge in [0.25, 0.3) is 0 Å². The van der Waals surface area contributed by atoms with Gasteiger partial charge in [-0.2, -0.15) is 0 Å². The van der Waals surface area contributed by atoms with Gasteiger partial charge in [-0.3, -0.25) is 0 Å². The van der Waals surface area contributed by atoms with Crippen molar-refractivity contribution >= 4 is 0 Å². The predicted molar refractivity (Wildman–Crippen MR) is 44.5 cm³/mol. The summed E-state index contributed by atoms with van der Waals surface area (Å²) in [4.78, 5) is 10.4. The second kappa shape index (κ2) is 2.57. The van der Waals surface area contributed by atoms with E-state index in [0.29, 0.717) is 12.2 Å². The van der Waals surface area contributed by atoms with E-state index >= 15 is 0 Å². The highest BCUT2D eigenvalue weighted by Crippen LogP contribution is 2.43. The zero-order valence-electron chi connectivity index (χ0n) is 7.21. The molecule has 0 spiro atoms. The van der Waals surface area contributed by atoms with Crippen LogP contribution >= 0.6 is 0 Å². The fraction of sp³-hybridized carbons (Fsp3) is 0.800. The highest BCUT2D eigenvalue weighted by Gasteiger charge is 2.42. The molecule has 0 aromatic heterocycles. The molecule has 0 N–H and O–H groups in total. The first-order chi connectivity index (χ1) is 5.95. The zero-order valence-corrected chi connectivity index (χ0v) is 7.21. The number of hydrogen-bond acceptors (Lipinski definition) is 2. The van der Waals surface area contributed by atoms with Crippen LogP contribution in [0.25, 0.3) is 0 Å². The van der Waals surface area contributed by atoms with Gasteiger partial charge in [-0.1, -0.05) is 5.57 Å². The van der Waals surface area contributed by atoms with Crippen LogP contribution in [0.3, 0.4) is 0 Å². The molecule has 2 saturated carbocycles. The normalized spacial score (nSPS) is 40.0. The Hall–Kier alpha value is -0.340. The Morgan fingerprint density at radius 2 is 1.50 bits per heavy atom. The lowest BCUT2D eigenvalue weighted by Crippen LogP contribution is -2.05. The third kappa shape index (κ3) is 0.882. The van der Waals surface area contributed by atoms with Crippen LogP contribution in [0.15, 0.2) is 11.1 Å². The lowest BCUT2D eigenvalue weighted by atomic mass is 10.0. The summed E-state index contributed by atoms with van der Waals surface area (Å²) in [5, 5.41) is 0. The molecular weight excluding hydrogens is 152 g/mol. The van der Waals surface area contributed by atoms with Gasteiger partial charge in [-0.15, -0.1) is 0 Å². The van der Waals surface area contributed by atoms with E-state index in [0.717, 1.165) is 0 Å². The van der Waals surface area contributed by atoms with Crippen molar-refractivity contribution in [3.8, 4) is 0 Å². The lowest BCUT2D eigenvalue weighted by molar-refractivity contribution is -0.315. The Balaban J connectivity index is 1.96. The van der Waals surface area contributed by atoms with Crippen molar-refractivity contribution in [3.63, 3.8) is 0 Å². The first-order valence-electron chi connectivity index (χ1n) is 4.99. The van der Waals surface area contributed by atoms with Crippen LogP contribution < -0.4 is 0 Å². The third-order valence-electron chi connectivity index (χ3n) is 3.29. The van der Waals surface area contributed by atoms with Gasteiger partial charge in [0.1, 0.15) is 12.2 Å². The molecule has 3 rings (SSSR count). The molecule has 0 aromatic rings. The number of hydrogen-bond donors (Lipinski definition) is 0. The van der Waals surface area contributed by atoms with E-state index < -0.39 is 0 Å². The molecule has 2 bridgehead atoms. The molecule has 66 valence electrons. The number of fused-ring (bicyclic) bond motifs is 2. The van der Waals surface area contributed by atoms with Crippen LogP contribution in [0.2, 0.25) is 0 Å². The number of allylic oxidation sites excluding steroid dienone is 1. The van der Waals surface area contributed by atoms with Crippen LogP contribution in [0.4, 0.5) is 0 Å². The SMILES string of the molecule is C1CCC(=C2C3CCC2OO3)C1. The van der Waals surface area contributed by atoms with Crippen LogP contribution in [0, 0.1) is 0 Å². The van der Waals surface area contributed by atoms with Gasteiger partial charge in [-0.05, 0) is 44.1 Å². The maximum atomic E-state index is 5.22. The van der Waals surface area contributed by atoms with Gasteiger partial charge in [0.05, 0.1) is 0 Å². The van der Waals surface area contributed by atoms with Gasteiger partial charge < -0.3 is 0 Å². The minimum Gasteiger partial charge on any atom is -0.228 e. The molecule has 12 heavy (non-hydrogen) atoms. The first-order valence-corrected chi connectivity index (χ1v) is 4.99. The maximum absolute atomic E-state index is 5.22. The molecule has 0 radical (unpaired) electrons. The summed E-state index contributed by atoms with van der Waals surface area (Å²) in [6.07, 6.45) is 8.39. The lowest BCUT2D eigenvalue weighted by Gasteiger charge is -2.05. The van der Waals surface area contributed by atoms with Crippen molar-refractivity contribution in [1.82, 2.24) is 0 Å². The van der Waals surface area contributed by atoms with Gasteiger partial charge >= 0.3 is 0 Å². The Morgan fingerprint density at radius 3 is 2.00 bits per heavy atom. The van der Waals surface area contributed by atoms with Crippen molar-refractivity contribution in [2.45, 2.75) is 50.7 Å². The van der Waals surface area contributed by atoms with Gasteiger partial charge in [0.2, 0.25) is 0 Å². The molecule has 1 heterocycles. The second-order valence-electron chi connectivity index (χ2n) is 4.01. The van der Waals surface area contributed by atoms with Crippen molar-refractivity contribution < 1.29 is 9.78 Å². The van der Waals surface area contributed by atoms with Gasteiger partial charge in [0.15, 0.2) is 0 Å². The summed E-state index contributed by atoms with van der Waals surface area (Å²) in [5.41, 5.74) is 3.17. The molecule has 1 aliphatic heterocycles. The van der Waals surface area contributed by atoms with E-state index in [4.69, 9.17) is 9.78 Å². The van der Waals surface area contributed by atoms with Gasteiger partial charge in [0, 0.05) is 0 Å². The van der Waals surface area contributed by atoms with Crippen LogP contribution in [0.5, 0.6) is 0 Å². The van der Waals surface area contributed by atoms with E-state index in [9.17, 15) is 0 Å². The summed E-state index contributed by atoms with van der Waals surface area (Å²) >= 11 is 0. The van der Waals surface area contributed by atoms with E-state index in [1.807, 2.05) is 0 Å². The molecule has 2 unspecified atom stereocenters.